The Labute approximate surface area is 99.6 Å². The molecule has 2 unspecified atom stereocenters. The van der Waals surface area contributed by atoms with E-state index in [9.17, 15) is 4.79 Å². The van der Waals surface area contributed by atoms with E-state index in [-0.39, 0.29) is 5.92 Å². The molecule has 1 heterocycles. The van der Waals surface area contributed by atoms with Crippen molar-refractivity contribution in [2.24, 2.45) is 11.8 Å². The summed E-state index contributed by atoms with van der Waals surface area (Å²) in [5.41, 5.74) is 0. The summed E-state index contributed by atoms with van der Waals surface area (Å²) < 4.78 is 0. The van der Waals surface area contributed by atoms with Crippen molar-refractivity contribution in [3.8, 4) is 0 Å². The Kier molecular flexibility index (Phi) is 5.26. The van der Waals surface area contributed by atoms with Gasteiger partial charge < -0.3 is 10.2 Å². The minimum absolute atomic E-state index is 0.186. The number of hydrogen-bond donors (Lipinski definition) is 1. The molecule has 0 spiro atoms. The van der Waals surface area contributed by atoms with Crippen LogP contribution in [0.15, 0.2) is 0 Å². The zero-order valence-electron chi connectivity index (χ0n) is 11.1. The van der Waals surface area contributed by atoms with Gasteiger partial charge in [0.05, 0.1) is 5.92 Å². The standard InChI is InChI=1S/C13H26N2O/c1-10(2)7-9-15(4)13(16)12-6-5-8-14-11(12)3/h10-12,14H,5-9H2,1-4H3. The summed E-state index contributed by atoms with van der Waals surface area (Å²) >= 11 is 0. The molecule has 2 atom stereocenters. The van der Waals surface area contributed by atoms with Gasteiger partial charge in [-0.25, -0.2) is 0 Å². The summed E-state index contributed by atoms with van der Waals surface area (Å²) in [5, 5.41) is 3.39. The fourth-order valence-electron chi connectivity index (χ4n) is 2.23. The topological polar surface area (TPSA) is 32.3 Å². The molecule has 1 fully saturated rings. The van der Waals surface area contributed by atoms with Gasteiger partial charge in [0.15, 0.2) is 0 Å². The molecule has 0 radical (unpaired) electrons. The lowest BCUT2D eigenvalue weighted by Crippen LogP contribution is -2.47. The van der Waals surface area contributed by atoms with Gasteiger partial charge in [0.1, 0.15) is 0 Å². The smallest absolute Gasteiger partial charge is 0.226 e. The summed E-state index contributed by atoms with van der Waals surface area (Å²) in [6.07, 6.45) is 3.26. The quantitative estimate of drug-likeness (QED) is 0.794. The number of carbonyl (C=O) groups excluding carboxylic acids is 1. The monoisotopic (exact) mass is 226 g/mol. The molecule has 1 aliphatic heterocycles. The van der Waals surface area contributed by atoms with E-state index in [1.54, 1.807) is 0 Å². The van der Waals surface area contributed by atoms with Gasteiger partial charge in [0.25, 0.3) is 0 Å². The van der Waals surface area contributed by atoms with Crippen LogP contribution >= 0.6 is 0 Å². The molecule has 0 aliphatic carbocycles. The molecule has 16 heavy (non-hydrogen) atoms. The van der Waals surface area contributed by atoms with E-state index in [2.05, 4.69) is 26.1 Å². The zero-order chi connectivity index (χ0) is 12.1. The molecule has 1 N–H and O–H groups in total. The maximum atomic E-state index is 12.2. The molecule has 1 amide bonds. The SMILES string of the molecule is CC(C)CCN(C)C(=O)C1CCCNC1C. The van der Waals surface area contributed by atoms with Crippen LogP contribution in [0.4, 0.5) is 0 Å². The molecule has 0 aromatic carbocycles. The van der Waals surface area contributed by atoms with E-state index < -0.39 is 0 Å². The first kappa shape index (κ1) is 13.5. The number of hydrogen-bond acceptors (Lipinski definition) is 2. The van der Waals surface area contributed by atoms with Crippen molar-refractivity contribution in [3.05, 3.63) is 0 Å². The van der Waals surface area contributed by atoms with Gasteiger partial charge in [0, 0.05) is 19.6 Å². The molecule has 0 aromatic heterocycles. The number of amides is 1. The van der Waals surface area contributed by atoms with Gasteiger partial charge in [-0.05, 0) is 38.6 Å². The van der Waals surface area contributed by atoms with Crippen molar-refractivity contribution in [1.29, 1.82) is 0 Å². The van der Waals surface area contributed by atoms with Crippen LogP contribution in [-0.4, -0.2) is 37.0 Å². The summed E-state index contributed by atoms with van der Waals surface area (Å²) in [5.74, 6) is 1.17. The maximum Gasteiger partial charge on any atom is 0.226 e. The number of carbonyl (C=O) groups is 1. The number of rotatable bonds is 4. The third-order valence-electron chi connectivity index (χ3n) is 3.50. The lowest BCUT2D eigenvalue weighted by molar-refractivity contribution is -0.136. The molecule has 0 aromatic rings. The molecule has 1 aliphatic rings. The minimum atomic E-state index is 0.186. The maximum absolute atomic E-state index is 12.2. The van der Waals surface area contributed by atoms with Gasteiger partial charge in [-0.2, -0.15) is 0 Å². The Balaban J connectivity index is 2.42. The average Bonchev–Trinajstić information content (AvgIpc) is 2.25. The van der Waals surface area contributed by atoms with E-state index in [0.29, 0.717) is 17.9 Å². The Hall–Kier alpha value is -0.570. The van der Waals surface area contributed by atoms with E-state index in [1.165, 1.54) is 0 Å². The van der Waals surface area contributed by atoms with Crippen molar-refractivity contribution in [3.63, 3.8) is 0 Å². The number of nitrogens with zero attached hydrogens (tertiary/aromatic N) is 1. The second-order valence-electron chi connectivity index (χ2n) is 5.43. The fraction of sp³-hybridized carbons (Fsp3) is 0.923. The van der Waals surface area contributed by atoms with Crippen LogP contribution in [0.2, 0.25) is 0 Å². The second-order valence-corrected chi connectivity index (χ2v) is 5.43. The summed E-state index contributed by atoms with van der Waals surface area (Å²) in [6, 6.07) is 0.336. The predicted molar refractivity (Wildman–Crippen MR) is 67.3 cm³/mol. The highest BCUT2D eigenvalue weighted by Gasteiger charge is 2.29. The Morgan fingerprint density at radius 2 is 2.19 bits per heavy atom. The largest absolute Gasteiger partial charge is 0.345 e. The van der Waals surface area contributed by atoms with Crippen molar-refractivity contribution in [2.75, 3.05) is 20.1 Å². The van der Waals surface area contributed by atoms with Crippen LogP contribution in [0.3, 0.4) is 0 Å². The summed E-state index contributed by atoms with van der Waals surface area (Å²) in [4.78, 5) is 14.1. The van der Waals surface area contributed by atoms with Gasteiger partial charge in [-0.3, -0.25) is 4.79 Å². The lowest BCUT2D eigenvalue weighted by Gasteiger charge is -2.32. The van der Waals surface area contributed by atoms with Crippen molar-refractivity contribution in [2.45, 2.75) is 46.1 Å². The van der Waals surface area contributed by atoms with E-state index in [1.807, 2.05) is 11.9 Å². The molecule has 94 valence electrons. The molecule has 1 rings (SSSR count). The Morgan fingerprint density at radius 3 is 2.75 bits per heavy atom. The molecular formula is C13H26N2O. The van der Waals surface area contributed by atoms with Crippen LogP contribution in [0.25, 0.3) is 0 Å². The zero-order valence-corrected chi connectivity index (χ0v) is 11.1. The van der Waals surface area contributed by atoms with Gasteiger partial charge in [-0.1, -0.05) is 13.8 Å². The van der Waals surface area contributed by atoms with Crippen LogP contribution in [0.1, 0.15) is 40.0 Å². The number of piperidine rings is 1. The van der Waals surface area contributed by atoms with Crippen LogP contribution in [0.5, 0.6) is 0 Å². The molecule has 0 saturated carbocycles. The second kappa shape index (κ2) is 6.24. The van der Waals surface area contributed by atoms with E-state index in [4.69, 9.17) is 0 Å². The first-order valence-corrected chi connectivity index (χ1v) is 6.50. The van der Waals surface area contributed by atoms with Crippen LogP contribution < -0.4 is 5.32 Å². The van der Waals surface area contributed by atoms with Crippen LogP contribution in [0, 0.1) is 11.8 Å². The normalized spacial score (nSPS) is 25.8. The van der Waals surface area contributed by atoms with Gasteiger partial charge in [-0.15, -0.1) is 0 Å². The highest BCUT2D eigenvalue weighted by molar-refractivity contribution is 5.79. The Morgan fingerprint density at radius 1 is 1.50 bits per heavy atom. The van der Waals surface area contributed by atoms with Crippen molar-refractivity contribution in [1.82, 2.24) is 10.2 Å². The summed E-state index contributed by atoms with van der Waals surface area (Å²) in [6.45, 7) is 8.46. The highest BCUT2D eigenvalue weighted by Crippen LogP contribution is 2.18. The first-order valence-electron chi connectivity index (χ1n) is 6.50. The molecule has 0 bridgehead atoms. The molecular weight excluding hydrogens is 200 g/mol. The van der Waals surface area contributed by atoms with Gasteiger partial charge in [0.2, 0.25) is 5.91 Å². The molecule has 1 saturated heterocycles. The van der Waals surface area contributed by atoms with Gasteiger partial charge >= 0.3 is 0 Å². The van der Waals surface area contributed by atoms with Crippen molar-refractivity contribution < 1.29 is 4.79 Å². The third-order valence-corrected chi connectivity index (χ3v) is 3.50. The van der Waals surface area contributed by atoms with E-state index in [0.717, 1.165) is 32.4 Å². The third kappa shape index (κ3) is 3.78. The van der Waals surface area contributed by atoms with E-state index >= 15 is 0 Å². The van der Waals surface area contributed by atoms with Crippen molar-refractivity contribution >= 4 is 5.91 Å². The summed E-state index contributed by atoms with van der Waals surface area (Å²) in [7, 11) is 1.94. The highest BCUT2D eigenvalue weighted by atomic mass is 16.2. The predicted octanol–water partition coefficient (Wildman–Crippen LogP) is 1.88. The Bertz CT molecular complexity index is 228. The fourth-order valence-corrected chi connectivity index (χ4v) is 2.23. The molecule has 3 nitrogen and oxygen atoms in total. The first-order chi connectivity index (χ1) is 7.52. The minimum Gasteiger partial charge on any atom is -0.345 e. The number of nitrogens with one attached hydrogen (secondary N) is 1. The lowest BCUT2D eigenvalue weighted by atomic mass is 9.90. The molecule has 3 heteroatoms. The average molecular weight is 226 g/mol. The van der Waals surface area contributed by atoms with Crippen LogP contribution in [-0.2, 0) is 4.79 Å².